The van der Waals surface area contributed by atoms with Gasteiger partial charge in [-0.1, -0.05) is 12.1 Å². The maximum Gasteiger partial charge on any atom is 0.323 e. The van der Waals surface area contributed by atoms with Crippen LogP contribution in [0, 0.1) is 0 Å². The van der Waals surface area contributed by atoms with Crippen LogP contribution in [0.4, 0.5) is 21.9 Å². The Hall–Kier alpha value is -3.22. The van der Waals surface area contributed by atoms with Crippen molar-refractivity contribution in [2.75, 3.05) is 36.3 Å². The Labute approximate surface area is 158 Å². The molecule has 0 bridgehead atoms. The molecule has 1 aliphatic rings. The zero-order valence-electron chi connectivity index (χ0n) is 15.5. The van der Waals surface area contributed by atoms with E-state index in [1.54, 1.807) is 35.2 Å². The van der Waals surface area contributed by atoms with Gasteiger partial charge in [0.05, 0.1) is 19.9 Å². The maximum absolute atomic E-state index is 12.4. The zero-order chi connectivity index (χ0) is 19.2. The average molecular weight is 369 g/mol. The first kappa shape index (κ1) is 18.6. The van der Waals surface area contributed by atoms with Gasteiger partial charge in [-0.3, -0.25) is 4.79 Å². The molecule has 2 N–H and O–H groups in total. The van der Waals surface area contributed by atoms with Gasteiger partial charge < -0.3 is 25.0 Å². The van der Waals surface area contributed by atoms with Crippen LogP contribution in [0.3, 0.4) is 0 Å². The second-order valence-electron chi connectivity index (χ2n) is 6.17. The molecular formula is C20H23N3O4. The summed E-state index contributed by atoms with van der Waals surface area (Å²) in [4.78, 5) is 26.3. The highest BCUT2D eigenvalue weighted by Crippen LogP contribution is 2.34. The average Bonchev–Trinajstić information content (AvgIpc) is 2.68. The highest BCUT2D eigenvalue weighted by Gasteiger charge is 2.20. The Morgan fingerprint density at radius 3 is 2.59 bits per heavy atom. The molecule has 27 heavy (non-hydrogen) atoms. The van der Waals surface area contributed by atoms with Gasteiger partial charge in [0, 0.05) is 24.3 Å². The fourth-order valence-electron chi connectivity index (χ4n) is 3.10. The lowest BCUT2D eigenvalue weighted by molar-refractivity contribution is -0.119. The molecule has 0 unspecified atom stereocenters. The number of piperidine rings is 1. The number of rotatable bonds is 5. The summed E-state index contributed by atoms with van der Waals surface area (Å²) in [6, 6.07) is 12.1. The standard InChI is InChI=1S/C20H23N3O4/c1-26-17-10-6-9-16(19(17)27-2)22-20(25)21-14-7-5-8-15(13-14)23-12-4-3-11-18(23)24/h5-10,13H,3-4,11-12H2,1-2H3,(H2,21,22,25). The van der Waals surface area contributed by atoms with Gasteiger partial charge in [0.15, 0.2) is 11.5 Å². The van der Waals surface area contributed by atoms with Gasteiger partial charge in [0.1, 0.15) is 0 Å². The largest absolute Gasteiger partial charge is 0.493 e. The molecule has 7 nitrogen and oxygen atoms in total. The van der Waals surface area contributed by atoms with Crippen molar-refractivity contribution >= 4 is 29.0 Å². The van der Waals surface area contributed by atoms with E-state index in [0.717, 1.165) is 18.5 Å². The molecular weight excluding hydrogens is 346 g/mol. The summed E-state index contributed by atoms with van der Waals surface area (Å²) in [5, 5.41) is 5.55. The Balaban J connectivity index is 1.72. The SMILES string of the molecule is COc1cccc(NC(=O)Nc2cccc(N3CCCCC3=O)c2)c1OC. The molecule has 0 saturated carbocycles. The van der Waals surface area contributed by atoms with Gasteiger partial charge in [-0.15, -0.1) is 0 Å². The molecule has 2 aromatic rings. The Bertz CT molecular complexity index is 838. The molecule has 0 aliphatic carbocycles. The lowest BCUT2D eigenvalue weighted by Gasteiger charge is -2.27. The molecule has 3 amide bonds. The number of methoxy groups -OCH3 is 2. The first-order valence-corrected chi connectivity index (χ1v) is 8.82. The van der Waals surface area contributed by atoms with E-state index in [4.69, 9.17) is 9.47 Å². The molecule has 2 aromatic carbocycles. The molecule has 0 spiro atoms. The number of nitrogens with one attached hydrogen (secondary N) is 2. The molecule has 1 aliphatic heterocycles. The summed E-state index contributed by atoms with van der Waals surface area (Å²) >= 11 is 0. The Morgan fingerprint density at radius 2 is 1.85 bits per heavy atom. The number of hydrogen-bond acceptors (Lipinski definition) is 4. The summed E-state index contributed by atoms with van der Waals surface area (Å²) < 4.78 is 10.6. The van der Waals surface area contributed by atoms with Crippen LogP contribution < -0.4 is 25.0 Å². The van der Waals surface area contributed by atoms with E-state index in [-0.39, 0.29) is 5.91 Å². The lowest BCUT2D eigenvalue weighted by Crippen LogP contribution is -2.35. The van der Waals surface area contributed by atoms with E-state index in [1.807, 2.05) is 12.1 Å². The lowest BCUT2D eigenvalue weighted by atomic mass is 10.1. The molecule has 0 radical (unpaired) electrons. The summed E-state index contributed by atoms with van der Waals surface area (Å²) in [6.07, 6.45) is 2.48. The van der Waals surface area contributed by atoms with Crippen molar-refractivity contribution in [2.45, 2.75) is 19.3 Å². The minimum absolute atomic E-state index is 0.115. The van der Waals surface area contributed by atoms with Crippen molar-refractivity contribution < 1.29 is 19.1 Å². The van der Waals surface area contributed by atoms with Crippen molar-refractivity contribution in [2.24, 2.45) is 0 Å². The van der Waals surface area contributed by atoms with Crippen molar-refractivity contribution in [3.8, 4) is 11.5 Å². The topological polar surface area (TPSA) is 79.9 Å². The summed E-state index contributed by atoms with van der Waals surface area (Å²) in [6.45, 7) is 0.704. The van der Waals surface area contributed by atoms with Gasteiger partial charge >= 0.3 is 6.03 Å². The van der Waals surface area contributed by atoms with E-state index in [0.29, 0.717) is 35.8 Å². The molecule has 7 heteroatoms. The predicted octanol–water partition coefficient (Wildman–Crippen LogP) is 3.86. The van der Waals surface area contributed by atoms with Crippen LogP contribution >= 0.6 is 0 Å². The minimum Gasteiger partial charge on any atom is -0.493 e. The summed E-state index contributed by atoms with van der Waals surface area (Å²) in [7, 11) is 3.05. The molecule has 0 aromatic heterocycles. The number of para-hydroxylation sites is 1. The third kappa shape index (κ3) is 4.31. The van der Waals surface area contributed by atoms with E-state index in [9.17, 15) is 9.59 Å². The quantitative estimate of drug-likeness (QED) is 0.839. The number of nitrogens with zero attached hydrogens (tertiary/aromatic N) is 1. The van der Waals surface area contributed by atoms with Crippen molar-refractivity contribution in [1.29, 1.82) is 0 Å². The highest BCUT2D eigenvalue weighted by molar-refractivity contribution is 6.02. The number of hydrogen-bond donors (Lipinski definition) is 2. The van der Waals surface area contributed by atoms with Gasteiger partial charge in [-0.05, 0) is 43.2 Å². The van der Waals surface area contributed by atoms with Crippen LogP contribution in [-0.4, -0.2) is 32.7 Å². The summed E-state index contributed by atoms with van der Waals surface area (Å²) in [5.41, 5.74) is 1.89. The third-order valence-electron chi connectivity index (χ3n) is 4.39. The molecule has 1 heterocycles. The third-order valence-corrected chi connectivity index (χ3v) is 4.39. The number of anilines is 3. The van der Waals surface area contributed by atoms with Crippen LogP contribution in [0.15, 0.2) is 42.5 Å². The van der Waals surface area contributed by atoms with Crippen LogP contribution in [0.1, 0.15) is 19.3 Å². The Kier molecular flexibility index (Phi) is 5.80. The van der Waals surface area contributed by atoms with Crippen LogP contribution in [0.5, 0.6) is 11.5 Å². The van der Waals surface area contributed by atoms with E-state index in [2.05, 4.69) is 10.6 Å². The van der Waals surface area contributed by atoms with E-state index < -0.39 is 6.03 Å². The molecule has 3 rings (SSSR count). The Morgan fingerprint density at radius 1 is 1.04 bits per heavy atom. The predicted molar refractivity (Wildman–Crippen MR) is 105 cm³/mol. The normalized spacial score (nSPS) is 13.9. The number of carbonyl (C=O) groups excluding carboxylic acids is 2. The van der Waals surface area contributed by atoms with Crippen molar-refractivity contribution in [3.05, 3.63) is 42.5 Å². The highest BCUT2D eigenvalue weighted by atomic mass is 16.5. The van der Waals surface area contributed by atoms with Gasteiger partial charge in [-0.25, -0.2) is 4.79 Å². The smallest absolute Gasteiger partial charge is 0.323 e. The summed E-state index contributed by atoms with van der Waals surface area (Å²) in [5.74, 6) is 1.09. The van der Waals surface area contributed by atoms with Crippen LogP contribution in [-0.2, 0) is 4.79 Å². The maximum atomic E-state index is 12.4. The molecule has 1 fully saturated rings. The number of ether oxygens (including phenoxy) is 2. The number of urea groups is 1. The second-order valence-corrected chi connectivity index (χ2v) is 6.17. The monoisotopic (exact) mass is 369 g/mol. The fraction of sp³-hybridized carbons (Fsp3) is 0.300. The molecule has 0 atom stereocenters. The van der Waals surface area contributed by atoms with Gasteiger partial charge in [0.25, 0.3) is 0 Å². The number of carbonyl (C=O) groups is 2. The first-order chi connectivity index (χ1) is 13.1. The van der Waals surface area contributed by atoms with Crippen LogP contribution in [0.2, 0.25) is 0 Å². The van der Waals surface area contributed by atoms with Gasteiger partial charge in [0.2, 0.25) is 5.91 Å². The van der Waals surface area contributed by atoms with Crippen molar-refractivity contribution in [3.63, 3.8) is 0 Å². The fourth-order valence-corrected chi connectivity index (χ4v) is 3.10. The number of amides is 3. The van der Waals surface area contributed by atoms with Crippen molar-refractivity contribution in [1.82, 2.24) is 0 Å². The van der Waals surface area contributed by atoms with E-state index in [1.165, 1.54) is 14.2 Å². The second kappa shape index (κ2) is 8.44. The van der Waals surface area contributed by atoms with Crippen LogP contribution in [0.25, 0.3) is 0 Å². The first-order valence-electron chi connectivity index (χ1n) is 8.82. The molecule has 142 valence electrons. The zero-order valence-corrected chi connectivity index (χ0v) is 15.5. The molecule has 1 saturated heterocycles. The number of benzene rings is 2. The van der Waals surface area contributed by atoms with Gasteiger partial charge in [-0.2, -0.15) is 0 Å². The minimum atomic E-state index is -0.413. The van der Waals surface area contributed by atoms with E-state index >= 15 is 0 Å².